The van der Waals surface area contributed by atoms with E-state index < -0.39 is 0 Å². The van der Waals surface area contributed by atoms with Crippen molar-refractivity contribution in [3.05, 3.63) is 45.7 Å². The summed E-state index contributed by atoms with van der Waals surface area (Å²) >= 11 is 2.35. The van der Waals surface area contributed by atoms with Crippen molar-refractivity contribution in [2.75, 3.05) is 13.1 Å². The van der Waals surface area contributed by atoms with Gasteiger partial charge in [0.1, 0.15) is 11.4 Å². The fourth-order valence-electron chi connectivity index (χ4n) is 5.10. The molecular formula is C25H35IN4O. The first-order valence-corrected chi connectivity index (χ1v) is 13.0. The van der Waals surface area contributed by atoms with Crippen LogP contribution in [-0.4, -0.2) is 46.3 Å². The van der Waals surface area contributed by atoms with Crippen molar-refractivity contribution in [2.24, 2.45) is 4.99 Å². The van der Waals surface area contributed by atoms with E-state index >= 15 is 0 Å². The summed E-state index contributed by atoms with van der Waals surface area (Å²) in [6.07, 6.45) is 14.2. The molecule has 31 heavy (non-hydrogen) atoms. The molecule has 2 amide bonds. The molecule has 1 saturated carbocycles. The van der Waals surface area contributed by atoms with Gasteiger partial charge in [0, 0.05) is 29.4 Å². The summed E-state index contributed by atoms with van der Waals surface area (Å²) in [6, 6.07) is 9.16. The van der Waals surface area contributed by atoms with Gasteiger partial charge >= 0.3 is 6.03 Å². The quantitative estimate of drug-likeness (QED) is 0.477. The Balaban J connectivity index is 1.52. The van der Waals surface area contributed by atoms with Crippen LogP contribution in [0.1, 0.15) is 70.3 Å². The van der Waals surface area contributed by atoms with Crippen molar-refractivity contribution in [1.82, 2.24) is 15.1 Å². The molecule has 4 rings (SSSR count). The van der Waals surface area contributed by atoms with Gasteiger partial charge in [0.05, 0.1) is 6.04 Å². The fourth-order valence-corrected chi connectivity index (χ4v) is 5.45. The summed E-state index contributed by atoms with van der Waals surface area (Å²) in [5.74, 6) is 0.930. The van der Waals surface area contributed by atoms with E-state index in [0.717, 1.165) is 64.0 Å². The Kier molecular flexibility index (Phi) is 7.69. The number of carbonyl (C=O) groups excluding carboxylic acids is 1. The second-order valence-electron chi connectivity index (χ2n) is 9.18. The molecule has 3 fully saturated rings. The number of likely N-dealkylation sites (tertiary alicyclic amines) is 1. The number of benzene rings is 1. The maximum Gasteiger partial charge on any atom is 0.327 e. The van der Waals surface area contributed by atoms with Crippen molar-refractivity contribution >= 4 is 34.5 Å². The number of allylic oxidation sites excluding steroid dienone is 1. The molecule has 6 heteroatoms. The number of hydrogen-bond acceptors (Lipinski definition) is 3. The van der Waals surface area contributed by atoms with E-state index in [1.807, 2.05) is 11.1 Å². The van der Waals surface area contributed by atoms with Crippen LogP contribution in [0.25, 0.3) is 0 Å². The lowest BCUT2D eigenvalue weighted by Crippen LogP contribution is -2.55. The third-order valence-electron chi connectivity index (χ3n) is 6.94. The number of nitrogens with one attached hydrogen (secondary N) is 1. The van der Waals surface area contributed by atoms with Crippen LogP contribution in [0.5, 0.6) is 0 Å². The van der Waals surface area contributed by atoms with Crippen LogP contribution < -0.4 is 5.32 Å². The van der Waals surface area contributed by atoms with Gasteiger partial charge in [-0.3, -0.25) is 20.1 Å². The highest BCUT2D eigenvalue weighted by Crippen LogP contribution is 2.36. The zero-order valence-corrected chi connectivity index (χ0v) is 20.8. The molecule has 0 radical (unpaired) electrons. The number of piperidine rings is 1. The maximum atomic E-state index is 13.0. The second-order valence-corrected chi connectivity index (χ2v) is 10.4. The van der Waals surface area contributed by atoms with Gasteiger partial charge in [0.15, 0.2) is 0 Å². The summed E-state index contributed by atoms with van der Waals surface area (Å²) in [6.45, 7) is 5.09. The molecule has 0 atom stereocenters. The number of halogens is 1. The topological polar surface area (TPSA) is 47.9 Å². The fraction of sp³-hybridized carbons (Fsp3) is 0.600. The molecule has 0 aromatic heterocycles. The highest BCUT2D eigenvalue weighted by atomic mass is 127. The Morgan fingerprint density at radius 1 is 1.16 bits per heavy atom. The second kappa shape index (κ2) is 10.5. The van der Waals surface area contributed by atoms with Crippen LogP contribution in [0.15, 0.2) is 41.5 Å². The zero-order valence-electron chi connectivity index (χ0n) is 18.7. The number of aliphatic imine (C=N–C) groups is 1. The maximum absolute atomic E-state index is 13.0. The van der Waals surface area contributed by atoms with Crippen molar-refractivity contribution in [3.63, 3.8) is 0 Å². The van der Waals surface area contributed by atoms with Crippen LogP contribution >= 0.6 is 22.6 Å². The monoisotopic (exact) mass is 534 g/mol. The number of amidine groups is 1. The molecule has 1 aliphatic carbocycles. The van der Waals surface area contributed by atoms with Gasteiger partial charge in [-0.15, -0.1) is 0 Å². The molecule has 1 N–H and O–H groups in total. The molecule has 168 valence electrons. The summed E-state index contributed by atoms with van der Waals surface area (Å²) in [5, 5.41) is 3.18. The van der Waals surface area contributed by atoms with Crippen molar-refractivity contribution < 1.29 is 4.79 Å². The number of amides is 2. The molecule has 3 aliphatic rings. The number of unbranched alkanes of at least 4 members (excludes halogenated alkanes) is 1. The molecule has 1 spiro atoms. The van der Waals surface area contributed by atoms with E-state index in [1.54, 1.807) is 0 Å². The van der Waals surface area contributed by atoms with E-state index in [4.69, 9.17) is 4.99 Å². The predicted octanol–water partition coefficient (Wildman–Crippen LogP) is 5.70. The van der Waals surface area contributed by atoms with Gasteiger partial charge in [0.2, 0.25) is 0 Å². The van der Waals surface area contributed by atoms with Gasteiger partial charge in [0.25, 0.3) is 0 Å². The third kappa shape index (κ3) is 5.33. The molecule has 1 aromatic rings. The van der Waals surface area contributed by atoms with Gasteiger partial charge < -0.3 is 0 Å². The highest BCUT2D eigenvalue weighted by Gasteiger charge is 2.51. The van der Waals surface area contributed by atoms with Crippen LogP contribution in [0.4, 0.5) is 4.79 Å². The zero-order chi connectivity index (χ0) is 21.7. The van der Waals surface area contributed by atoms with E-state index in [9.17, 15) is 4.79 Å². The minimum absolute atomic E-state index is 0.00648. The lowest BCUT2D eigenvalue weighted by molar-refractivity contribution is 0.123. The van der Waals surface area contributed by atoms with E-state index in [-0.39, 0.29) is 11.6 Å². The molecule has 2 aliphatic heterocycles. The lowest BCUT2D eigenvalue weighted by Gasteiger charge is -2.42. The number of rotatable bonds is 6. The van der Waals surface area contributed by atoms with E-state index in [2.05, 4.69) is 70.1 Å². The number of urea groups is 1. The summed E-state index contributed by atoms with van der Waals surface area (Å²) in [5.41, 5.74) is 1.05. The average molecular weight is 534 g/mol. The third-order valence-corrected chi connectivity index (χ3v) is 7.66. The SMILES string of the molecule is CCC/C=C/N1C(=O)NC(=NC2CCCCC2)C12CCN(Cc1ccc(I)cc1)CC2. The molecule has 5 nitrogen and oxygen atoms in total. The number of nitrogens with zero attached hydrogens (tertiary/aromatic N) is 3. The summed E-state index contributed by atoms with van der Waals surface area (Å²) in [7, 11) is 0. The van der Waals surface area contributed by atoms with Gasteiger partial charge in [-0.05, 0) is 72.4 Å². The molecular weight excluding hydrogens is 499 g/mol. The normalized spacial score (nSPS) is 23.9. The molecule has 0 unspecified atom stereocenters. The Morgan fingerprint density at radius 3 is 2.55 bits per heavy atom. The highest BCUT2D eigenvalue weighted by molar-refractivity contribution is 14.1. The Bertz CT molecular complexity index is 805. The predicted molar refractivity (Wildman–Crippen MR) is 135 cm³/mol. The first-order chi connectivity index (χ1) is 15.1. The Labute approximate surface area is 200 Å². The van der Waals surface area contributed by atoms with Gasteiger partial charge in [-0.1, -0.05) is 50.8 Å². The van der Waals surface area contributed by atoms with Gasteiger partial charge in [-0.25, -0.2) is 4.79 Å². The van der Waals surface area contributed by atoms with E-state index in [0.29, 0.717) is 6.04 Å². The largest absolute Gasteiger partial charge is 0.327 e. The van der Waals surface area contributed by atoms with Crippen molar-refractivity contribution in [3.8, 4) is 0 Å². The number of hydrogen-bond donors (Lipinski definition) is 1. The van der Waals surface area contributed by atoms with Crippen molar-refractivity contribution in [2.45, 2.75) is 82.8 Å². The average Bonchev–Trinajstić information content (AvgIpc) is 3.03. The molecule has 0 bridgehead atoms. The molecule has 2 heterocycles. The van der Waals surface area contributed by atoms with Gasteiger partial charge in [-0.2, -0.15) is 0 Å². The molecule has 2 saturated heterocycles. The Morgan fingerprint density at radius 2 is 1.87 bits per heavy atom. The van der Waals surface area contributed by atoms with Crippen molar-refractivity contribution in [1.29, 1.82) is 0 Å². The minimum Gasteiger partial charge on any atom is -0.299 e. The van der Waals surface area contributed by atoms with Crippen LogP contribution in [0, 0.1) is 3.57 Å². The Hall–Kier alpha value is -1.41. The smallest absolute Gasteiger partial charge is 0.299 e. The lowest BCUT2D eigenvalue weighted by atomic mass is 9.85. The number of carbonyl (C=O) groups is 1. The standard InChI is InChI=1S/C25H35IN4O/c1-2-3-7-16-30-24(31)28-23(27-22-8-5-4-6-9-22)25(30)14-17-29(18-15-25)19-20-10-12-21(26)13-11-20/h7,10-13,16,22H,2-6,8-9,14-15,17-19H2,1H3,(H,27,28,31)/b16-7+. The van der Waals surface area contributed by atoms with Crippen LogP contribution in [0.2, 0.25) is 0 Å². The summed E-state index contributed by atoms with van der Waals surface area (Å²) in [4.78, 5) is 22.6. The summed E-state index contributed by atoms with van der Waals surface area (Å²) < 4.78 is 1.27. The van der Waals surface area contributed by atoms with E-state index in [1.165, 1.54) is 28.4 Å². The minimum atomic E-state index is -0.304. The van der Waals surface area contributed by atoms with Crippen LogP contribution in [0.3, 0.4) is 0 Å². The molecule has 1 aromatic carbocycles. The van der Waals surface area contributed by atoms with Crippen LogP contribution in [-0.2, 0) is 6.54 Å². The first-order valence-electron chi connectivity index (χ1n) is 11.9. The first kappa shape index (κ1) is 22.8.